The first-order chi connectivity index (χ1) is 9.20. The van der Waals surface area contributed by atoms with Crippen molar-refractivity contribution in [1.82, 2.24) is 4.90 Å². The Bertz CT molecular complexity index is 417. The molecule has 1 aromatic rings. The van der Waals surface area contributed by atoms with Crippen LogP contribution in [0.4, 0.5) is 0 Å². The molecule has 0 unspecified atom stereocenters. The van der Waals surface area contributed by atoms with Crippen molar-refractivity contribution in [3.8, 4) is 0 Å². The van der Waals surface area contributed by atoms with Crippen LogP contribution in [-0.4, -0.2) is 43.5 Å². The lowest BCUT2D eigenvalue weighted by molar-refractivity contribution is -0.133. The number of alkyl halides is 1. The number of carbonyl (C=O) groups excluding carboxylic acids is 1. The van der Waals surface area contributed by atoms with Gasteiger partial charge in [0, 0.05) is 19.5 Å². The Kier molecular flexibility index (Phi) is 4.83. The molecule has 1 saturated carbocycles. The normalized spacial score (nSPS) is 16.1. The summed E-state index contributed by atoms with van der Waals surface area (Å²) in [4.78, 5) is 14.3. The second kappa shape index (κ2) is 6.40. The first-order valence-corrected chi connectivity index (χ1v) is 7.19. The maximum Gasteiger partial charge on any atom is 0.233 e. The fraction of sp³-hybridized carbons (Fsp3) is 0.533. The highest BCUT2D eigenvalue weighted by Gasteiger charge is 2.52. The lowest BCUT2D eigenvalue weighted by Gasteiger charge is -2.23. The van der Waals surface area contributed by atoms with Crippen molar-refractivity contribution in [2.45, 2.75) is 18.3 Å². The molecule has 0 N–H and O–H groups in total. The first kappa shape index (κ1) is 14.4. The van der Waals surface area contributed by atoms with Crippen molar-refractivity contribution in [3.05, 3.63) is 35.9 Å². The zero-order chi connectivity index (χ0) is 13.7. The predicted molar refractivity (Wildman–Crippen MR) is 76.5 cm³/mol. The van der Waals surface area contributed by atoms with Crippen LogP contribution in [0.2, 0.25) is 0 Å². The Balaban J connectivity index is 1.92. The second-order valence-corrected chi connectivity index (χ2v) is 5.35. The van der Waals surface area contributed by atoms with Gasteiger partial charge in [0.15, 0.2) is 0 Å². The molecule has 0 bridgehead atoms. The van der Waals surface area contributed by atoms with E-state index in [0.717, 1.165) is 18.4 Å². The number of benzene rings is 1. The van der Waals surface area contributed by atoms with Crippen LogP contribution in [0.15, 0.2) is 30.3 Å². The fourth-order valence-electron chi connectivity index (χ4n) is 2.33. The standard InChI is InChI=1S/C15H20ClNO2/c1-17(10-12-19-11-9-16)14(18)15(7-8-15)13-5-3-2-4-6-13/h2-6H,7-12H2,1H3. The van der Waals surface area contributed by atoms with E-state index in [4.69, 9.17) is 16.3 Å². The van der Waals surface area contributed by atoms with Crippen LogP contribution in [0.1, 0.15) is 18.4 Å². The highest BCUT2D eigenvalue weighted by Crippen LogP contribution is 2.49. The van der Waals surface area contributed by atoms with Gasteiger partial charge in [-0.1, -0.05) is 30.3 Å². The molecule has 1 fully saturated rings. The van der Waals surface area contributed by atoms with Gasteiger partial charge in [0.25, 0.3) is 0 Å². The van der Waals surface area contributed by atoms with Crippen LogP contribution in [0, 0.1) is 0 Å². The molecule has 0 spiro atoms. The van der Waals surface area contributed by atoms with Gasteiger partial charge in [-0.2, -0.15) is 0 Å². The van der Waals surface area contributed by atoms with Gasteiger partial charge in [-0.25, -0.2) is 0 Å². The van der Waals surface area contributed by atoms with Crippen molar-refractivity contribution < 1.29 is 9.53 Å². The first-order valence-electron chi connectivity index (χ1n) is 6.65. The Morgan fingerprint density at radius 1 is 1.32 bits per heavy atom. The Labute approximate surface area is 119 Å². The van der Waals surface area contributed by atoms with E-state index in [1.54, 1.807) is 4.90 Å². The van der Waals surface area contributed by atoms with E-state index in [1.807, 2.05) is 37.4 Å². The number of hydrogen-bond donors (Lipinski definition) is 0. The van der Waals surface area contributed by atoms with E-state index in [2.05, 4.69) is 0 Å². The van der Waals surface area contributed by atoms with Gasteiger partial charge < -0.3 is 9.64 Å². The minimum Gasteiger partial charge on any atom is -0.378 e. The summed E-state index contributed by atoms with van der Waals surface area (Å²) >= 11 is 5.54. The molecule has 19 heavy (non-hydrogen) atoms. The van der Waals surface area contributed by atoms with Crippen molar-refractivity contribution in [1.29, 1.82) is 0 Å². The molecule has 2 rings (SSSR count). The molecular formula is C15H20ClNO2. The van der Waals surface area contributed by atoms with Crippen molar-refractivity contribution in [3.63, 3.8) is 0 Å². The SMILES string of the molecule is CN(CCOCCCl)C(=O)C1(c2ccccc2)CC1. The number of nitrogens with zero attached hydrogens (tertiary/aromatic N) is 1. The zero-order valence-electron chi connectivity index (χ0n) is 11.3. The van der Waals surface area contributed by atoms with Crippen LogP contribution in [-0.2, 0) is 14.9 Å². The largest absolute Gasteiger partial charge is 0.378 e. The topological polar surface area (TPSA) is 29.5 Å². The molecule has 4 heteroatoms. The Morgan fingerprint density at radius 2 is 2.00 bits per heavy atom. The van der Waals surface area contributed by atoms with Gasteiger partial charge in [0.1, 0.15) is 0 Å². The van der Waals surface area contributed by atoms with Gasteiger partial charge in [-0.3, -0.25) is 4.79 Å². The minimum atomic E-state index is -0.275. The number of amides is 1. The highest BCUT2D eigenvalue weighted by molar-refractivity contribution is 6.17. The number of hydrogen-bond acceptors (Lipinski definition) is 2. The van der Waals surface area contributed by atoms with E-state index in [-0.39, 0.29) is 11.3 Å². The number of halogens is 1. The number of carbonyl (C=O) groups is 1. The third-order valence-corrected chi connectivity index (χ3v) is 3.78. The van der Waals surface area contributed by atoms with Gasteiger partial charge in [-0.15, -0.1) is 11.6 Å². The summed E-state index contributed by atoms with van der Waals surface area (Å²) in [6.45, 7) is 1.69. The van der Waals surface area contributed by atoms with Gasteiger partial charge in [0.2, 0.25) is 5.91 Å². The maximum absolute atomic E-state index is 12.5. The zero-order valence-corrected chi connectivity index (χ0v) is 12.0. The Morgan fingerprint density at radius 3 is 2.58 bits per heavy atom. The molecule has 0 heterocycles. The summed E-state index contributed by atoms with van der Waals surface area (Å²) in [6, 6.07) is 10.1. The summed E-state index contributed by atoms with van der Waals surface area (Å²) in [5.41, 5.74) is 0.858. The van der Waals surface area contributed by atoms with E-state index in [9.17, 15) is 4.79 Å². The lowest BCUT2D eigenvalue weighted by atomic mass is 9.94. The summed E-state index contributed by atoms with van der Waals surface area (Å²) in [5.74, 6) is 0.694. The molecule has 0 atom stereocenters. The Hall–Kier alpha value is -1.06. The van der Waals surface area contributed by atoms with E-state index in [1.165, 1.54) is 0 Å². The van der Waals surface area contributed by atoms with Crippen LogP contribution < -0.4 is 0 Å². The smallest absolute Gasteiger partial charge is 0.233 e. The molecule has 104 valence electrons. The highest BCUT2D eigenvalue weighted by atomic mass is 35.5. The molecular weight excluding hydrogens is 262 g/mol. The van der Waals surface area contributed by atoms with Gasteiger partial charge in [0.05, 0.1) is 18.6 Å². The number of ether oxygens (including phenoxy) is 1. The summed E-state index contributed by atoms with van der Waals surface area (Å²) in [6.07, 6.45) is 1.89. The molecule has 0 aromatic heterocycles. The minimum absolute atomic E-state index is 0.202. The molecule has 1 aliphatic rings. The monoisotopic (exact) mass is 281 g/mol. The molecule has 0 saturated heterocycles. The summed E-state index contributed by atoms with van der Waals surface area (Å²) in [7, 11) is 1.84. The van der Waals surface area contributed by atoms with Crippen LogP contribution in [0.25, 0.3) is 0 Å². The average molecular weight is 282 g/mol. The third kappa shape index (κ3) is 3.28. The third-order valence-electron chi connectivity index (χ3n) is 3.62. The molecule has 0 aliphatic heterocycles. The second-order valence-electron chi connectivity index (χ2n) is 4.98. The summed E-state index contributed by atoms with van der Waals surface area (Å²) in [5, 5.41) is 0. The predicted octanol–water partition coefficient (Wildman–Crippen LogP) is 2.43. The van der Waals surface area contributed by atoms with Crippen molar-refractivity contribution >= 4 is 17.5 Å². The molecule has 0 radical (unpaired) electrons. The van der Waals surface area contributed by atoms with Crippen LogP contribution >= 0.6 is 11.6 Å². The molecule has 1 aromatic carbocycles. The van der Waals surface area contributed by atoms with E-state index in [0.29, 0.717) is 25.6 Å². The van der Waals surface area contributed by atoms with Gasteiger partial charge >= 0.3 is 0 Å². The van der Waals surface area contributed by atoms with Crippen molar-refractivity contribution in [2.24, 2.45) is 0 Å². The van der Waals surface area contributed by atoms with E-state index >= 15 is 0 Å². The van der Waals surface area contributed by atoms with E-state index < -0.39 is 0 Å². The lowest BCUT2D eigenvalue weighted by Crippen LogP contribution is -2.38. The fourth-order valence-corrected chi connectivity index (χ4v) is 2.44. The molecule has 3 nitrogen and oxygen atoms in total. The molecule has 1 amide bonds. The maximum atomic E-state index is 12.5. The number of rotatable bonds is 7. The number of likely N-dealkylation sites (N-methyl/N-ethyl adjacent to an activating group) is 1. The van der Waals surface area contributed by atoms with Crippen LogP contribution in [0.3, 0.4) is 0 Å². The summed E-state index contributed by atoms with van der Waals surface area (Å²) < 4.78 is 5.32. The quantitative estimate of drug-likeness (QED) is 0.567. The van der Waals surface area contributed by atoms with Gasteiger partial charge in [-0.05, 0) is 18.4 Å². The molecule has 1 aliphatic carbocycles. The average Bonchev–Trinajstić information content (AvgIpc) is 3.25. The van der Waals surface area contributed by atoms with Crippen molar-refractivity contribution in [2.75, 3.05) is 32.7 Å². The van der Waals surface area contributed by atoms with Crippen LogP contribution in [0.5, 0.6) is 0 Å².